The van der Waals surface area contributed by atoms with Gasteiger partial charge in [-0.05, 0) is 31.0 Å². The smallest absolute Gasteiger partial charge is 0.378 e. The third kappa shape index (κ3) is 4.15. The number of carbonyl (C=O) groups excluding carboxylic acids is 1. The number of nitrogens with one attached hydrogen (secondary N) is 1. The van der Waals surface area contributed by atoms with Crippen molar-refractivity contribution in [2.75, 3.05) is 11.9 Å². The molecule has 0 aromatic heterocycles. The SMILES string of the molecule is CCOC1CC(N)(C(=O)Nc2cccc(CCC(F)(F)F)c2)C1(C)C. The number of carbonyl (C=O) groups is 1. The third-order valence-corrected chi connectivity index (χ3v) is 5.12. The van der Waals surface area contributed by atoms with Crippen molar-refractivity contribution < 1.29 is 22.7 Å². The fourth-order valence-corrected chi connectivity index (χ4v) is 3.15. The Balaban J connectivity index is 2.04. The molecule has 2 atom stereocenters. The highest BCUT2D eigenvalue weighted by molar-refractivity contribution is 5.99. The number of nitrogens with two attached hydrogens (primary N) is 1. The van der Waals surface area contributed by atoms with Crippen LogP contribution in [0, 0.1) is 5.41 Å². The zero-order chi connectivity index (χ0) is 18.9. The first kappa shape index (κ1) is 19.7. The molecule has 0 spiro atoms. The van der Waals surface area contributed by atoms with E-state index in [2.05, 4.69) is 5.32 Å². The van der Waals surface area contributed by atoms with Crippen molar-refractivity contribution in [3.8, 4) is 0 Å². The maximum absolute atomic E-state index is 12.6. The first-order valence-electron chi connectivity index (χ1n) is 8.37. The summed E-state index contributed by atoms with van der Waals surface area (Å²) >= 11 is 0. The van der Waals surface area contributed by atoms with Crippen molar-refractivity contribution in [2.45, 2.75) is 57.9 Å². The normalized spacial score (nSPS) is 25.3. The summed E-state index contributed by atoms with van der Waals surface area (Å²) in [5, 5.41) is 2.74. The predicted molar refractivity (Wildman–Crippen MR) is 90.2 cm³/mol. The molecule has 3 N–H and O–H groups in total. The first-order chi connectivity index (χ1) is 11.5. The van der Waals surface area contributed by atoms with Gasteiger partial charge in [0.1, 0.15) is 5.54 Å². The Hall–Kier alpha value is -1.60. The fourth-order valence-electron chi connectivity index (χ4n) is 3.15. The van der Waals surface area contributed by atoms with E-state index in [0.717, 1.165) is 0 Å². The summed E-state index contributed by atoms with van der Waals surface area (Å²) in [5.74, 6) is -0.346. The number of hydrogen-bond donors (Lipinski definition) is 2. The van der Waals surface area contributed by atoms with Crippen LogP contribution in [0.25, 0.3) is 0 Å². The highest BCUT2D eigenvalue weighted by Crippen LogP contribution is 2.50. The van der Waals surface area contributed by atoms with Crippen molar-refractivity contribution in [1.29, 1.82) is 0 Å². The molecule has 140 valence electrons. The fraction of sp³-hybridized carbons (Fsp3) is 0.611. The van der Waals surface area contributed by atoms with Crippen LogP contribution >= 0.6 is 0 Å². The minimum Gasteiger partial charge on any atom is -0.378 e. The zero-order valence-electron chi connectivity index (χ0n) is 14.7. The molecule has 0 bridgehead atoms. The Bertz CT molecular complexity index is 631. The second-order valence-electron chi connectivity index (χ2n) is 7.11. The second-order valence-corrected chi connectivity index (χ2v) is 7.11. The van der Waals surface area contributed by atoms with Gasteiger partial charge in [0.15, 0.2) is 0 Å². The molecule has 1 aromatic carbocycles. The molecule has 7 heteroatoms. The average molecular weight is 358 g/mol. The van der Waals surface area contributed by atoms with Gasteiger partial charge in [-0.2, -0.15) is 13.2 Å². The van der Waals surface area contributed by atoms with Crippen LogP contribution < -0.4 is 11.1 Å². The van der Waals surface area contributed by atoms with Gasteiger partial charge < -0.3 is 15.8 Å². The van der Waals surface area contributed by atoms with Gasteiger partial charge in [-0.3, -0.25) is 4.79 Å². The van der Waals surface area contributed by atoms with Crippen molar-refractivity contribution in [3.05, 3.63) is 29.8 Å². The number of amides is 1. The number of benzene rings is 1. The lowest BCUT2D eigenvalue weighted by molar-refractivity contribution is -0.166. The lowest BCUT2D eigenvalue weighted by Crippen LogP contribution is -2.74. The molecule has 2 rings (SSSR count). The number of rotatable bonds is 6. The molecular weight excluding hydrogens is 333 g/mol. The average Bonchev–Trinajstić information content (AvgIpc) is 2.52. The lowest BCUT2D eigenvalue weighted by Gasteiger charge is -2.57. The minimum atomic E-state index is -4.20. The largest absolute Gasteiger partial charge is 0.389 e. The summed E-state index contributed by atoms with van der Waals surface area (Å²) in [5.41, 5.74) is 5.67. The van der Waals surface area contributed by atoms with Gasteiger partial charge in [0.2, 0.25) is 5.91 Å². The molecule has 1 fully saturated rings. The number of alkyl halides is 3. The second kappa shape index (κ2) is 6.96. The molecule has 1 amide bonds. The molecule has 0 heterocycles. The molecule has 1 aromatic rings. The molecular formula is C18H25F3N2O2. The summed E-state index contributed by atoms with van der Waals surface area (Å²) in [7, 11) is 0. The van der Waals surface area contributed by atoms with E-state index in [1.807, 2.05) is 20.8 Å². The van der Waals surface area contributed by atoms with Crippen LogP contribution in [-0.4, -0.2) is 30.3 Å². The molecule has 2 unspecified atom stereocenters. The quantitative estimate of drug-likeness (QED) is 0.816. The van der Waals surface area contributed by atoms with Gasteiger partial charge in [-0.15, -0.1) is 0 Å². The monoisotopic (exact) mass is 358 g/mol. The standard InChI is InChI=1S/C18H25F3N2O2/c1-4-25-14-11-17(22,16(14,2)3)15(24)23-13-7-5-6-12(10-13)8-9-18(19,20)21/h5-7,10,14H,4,8-9,11,22H2,1-3H3,(H,23,24). The zero-order valence-corrected chi connectivity index (χ0v) is 14.7. The van der Waals surface area contributed by atoms with E-state index in [0.29, 0.717) is 24.3 Å². The summed E-state index contributed by atoms with van der Waals surface area (Å²) in [6.45, 7) is 6.21. The van der Waals surface area contributed by atoms with E-state index in [9.17, 15) is 18.0 Å². The van der Waals surface area contributed by atoms with Gasteiger partial charge >= 0.3 is 6.18 Å². The van der Waals surface area contributed by atoms with Crippen molar-refractivity contribution in [3.63, 3.8) is 0 Å². The minimum absolute atomic E-state index is 0.0913. The molecule has 1 saturated carbocycles. The molecule has 1 aliphatic carbocycles. The van der Waals surface area contributed by atoms with Crippen LogP contribution in [0.3, 0.4) is 0 Å². The van der Waals surface area contributed by atoms with Crippen LogP contribution in [0.2, 0.25) is 0 Å². The molecule has 0 aliphatic heterocycles. The van der Waals surface area contributed by atoms with Gasteiger partial charge in [0.05, 0.1) is 6.10 Å². The van der Waals surface area contributed by atoms with Crippen LogP contribution in [0.1, 0.15) is 39.2 Å². The maximum atomic E-state index is 12.6. The van der Waals surface area contributed by atoms with Crippen LogP contribution in [0.15, 0.2) is 24.3 Å². The van der Waals surface area contributed by atoms with Crippen LogP contribution in [0.4, 0.5) is 18.9 Å². The van der Waals surface area contributed by atoms with Crippen molar-refractivity contribution in [2.24, 2.45) is 11.1 Å². The van der Waals surface area contributed by atoms with E-state index in [-0.39, 0.29) is 18.4 Å². The molecule has 0 radical (unpaired) electrons. The number of ether oxygens (including phenoxy) is 1. The number of hydrogen-bond acceptors (Lipinski definition) is 3. The maximum Gasteiger partial charge on any atom is 0.389 e. The Morgan fingerprint density at radius 2 is 2.08 bits per heavy atom. The van der Waals surface area contributed by atoms with Crippen LogP contribution in [-0.2, 0) is 16.0 Å². The Kier molecular flexibility index (Phi) is 5.49. The third-order valence-electron chi connectivity index (χ3n) is 5.12. The Labute approximate surface area is 145 Å². The first-order valence-corrected chi connectivity index (χ1v) is 8.37. The van der Waals surface area contributed by atoms with E-state index in [1.165, 1.54) is 0 Å². The highest BCUT2D eigenvalue weighted by atomic mass is 19.4. The van der Waals surface area contributed by atoms with Crippen LogP contribution in [0.5, 0.6) is 0 Å². The van der Waals surface area contributed by atoms with E-state index >= 15 is 0 Å². The van der Waals surface area contributed by atoms with Gasteiger partial charge in [0, 0.05) is 30.6 Å². The Morgan fingerprint density at radius 1 is 1.40 bits per heavy atom. The summed E-state index contributed by atoms with van der Waals surface area (Å²) in [6.07, 6.45) is -4.91. The van der Waals surface area contributed by atoms with E-state index in [1.54, 1.807) is 24.3 Å². The lowest BCUT2D eigenvalue weighted by atomic mass is 9.54. The Morgan fingerprint density at radius 3 is 2.64 bits per heavy atom. The molecule has 25 heavy (non-hydrogen) atoms. The summed E-state index contributed by atoms with van der Waals surface area (Å²) in [6, 6.07) is 6.43. The topological polar surface area (TPSA) is 64.3 Å². The highest BCUT2D eigenvalue weighted by Gasteiger charge is 2.62. The van der Waals surface area contributed by atoms with Gasteiger partial charge in [-0.25, -0.2) is 0 Å². The summed E-state index contributed by atoms with van der Waals surface area (Å²) < 4.78 is 42.7. The number of aryl methyl sites for hydroxylation is 1. The number of halogens is 3. The van der Waals surface area contributed by atoms with E-state index in [4.69, 9.17) is 10.5 Å². The molecule has 4 nitrogen and oxygen atoms in total. The summed E-state index contributed by atoms with van der Waals surface area (Å²) in [4.78, 5) is 12.6. The van der Waals surface area contributed by atoms with Crippen molar-refractivity contribution >= 4 is 11.6 Å². The number of anilines is 1. The van der Waals surface area contributed by atoms with Crippen molar-refractivity contribution in [1.82, 2.24) is 0 Å². The van der Waals surface area contributed by atoms with Gasteiger partial charge in [0.25, 0.3) is 0 Å². The predicted octanol–water partition coefficient (Wildman–Crippen LogP) is 3.65. The molecule has 0 saturated heterocycles. The van der Waals surface area contributed by atoms with E-state index < -0.39 is 23.6 Å². The van der Waals surface area contributed by atoms with Gasteiger partial charge in [-0.1, -0.05) is 26.0 Å². The molecule has 1 aliphatic rings.